The smallest absolute Gasteiger partial charge is 0.310 e. The molecule has 2 aromatic rings. The predicted molar refractivity (Wildman–Crippen MR) is 92.3 cm³/mol. The van der Waals surface area contributed by atoms with Gasteiger partial charge in [0.15, 0.2) is 0 Å². The summed E-state index contributed by atoms with van der Waals surface area (Å²) in [7, 11) is 1.35. The van der Waals surface area contributed by atoms with Crippen molar-refractivity contribution < 1.29 is 18.7 Å². The Bertz CT molecular complexity index is 677. The Hall–Kier alpha value is -2.83. The van der Waals surface area contributed by atoms with Crippen LogP contribution in [0.15, 0.2) is 47.6 Å². The van der Waals surface area contributed by atoms with Gasteiger partial charge in [-0.15, -0.1) is 0 Å². The highest BCUT2D eigenvalue weighted by atomic mass is 16.5. The molecule has 2 heterocycles. The number of carbonyl (C=O) groups excluding carboxylic acids is 2. The number of ether oxygens (including phenoxy) is 1. The zero-order chi connectivity index (χ0) is 18.1. The van der Waals surface area contributed by atoms with Crippen LogP contribution >= 0.6 is 0 Å². The van der Waals surface area contributed by atoms with Crippen LogP contribution in [0, 0.1) is 5.92 Å². The minimum absolute atomic E-state index is 0.169. The molecule has 7 nitrogen and oxygen atoms in total. The van der Waals surface area contributed by atoms with Gasteiger partial charge in [0.1, 0.15) is 5.76 Å². The highest BCUT2D eigenvalue weighted by Crippen LogP contribution is 2.08. The molecule has 0 fully saturated rings. The first kappa shape index (κ1) is 18.5. The SMILES string of the molecule is COC(=O)C(C)CN(CCCn1ccnc1)C(=O)/C=C/c1ccco1. The fourth-order valence-corrected chi connectivity index (χ4v) is 2.41. The van der Waals surface area contributed by atoms with Gasteiger partial charge in [0.2, 0.25) is 5.91 Å². The molecule has 25 heavy (non-hydrogen) atoms. The van der Waals surface area contributed by atoms with Crippen LogP contribution in [-0.2, 0) is 20.9 Å². The molecule has 0 N–H and O–H groups in total. The number of aromatic nitrogens is 2. The Morgan fingerprint density at radius 3 is 2.96 bits per heavy atom. The van der Waals surface area contributed by atoms with Crippen molar-refractivity contribution in [3.63, 3.8) is 0 Å². The molecule has 134 valence electrons. The quantitative estimate of drug-likeness (QED) is 0.514. The van der Waals surface area contributed by atoms with Crippen molar-refractivity contribution in [3.8, 4) is 0 Å². The molecule has 0 aliphatic rings. The van der Waals surface area contributed by atoms with E-state index in [4.69, 9.17) is 9.15 Å². The fourth-order valence-electron chi connectivity index (χ4n) is 2.41. The molecule has 1 atom stereocenters. The number of nitrogens with zero attached hydrogens (tertiary/aromatic N) is 3. The van der Waals surface area contributed by atoms with E-state index in [9.17, 15) is 9.59 Å². The Balaban J connectivity index is 1.96. The summed E-state index contributed by atoms with van der Waals surface area (Å²) in [6.45, 7) is 3.33. The molecule has 0 aliphatic heterocycles. The van der Waals surface area contributed by atoms with Crippen LogP contribution in [0.5, 0.6) is 0 Å². The molecule has 0 spiro atoms. The zero-order valence-corrected chi connectivity index (χ0v) is 14.5. The summed E-state index contributed by atoms with van der Waals surface area (Å²) in [5, 5.41) is 0. The standard InChI is InChI=1S/C18H23N3O4/c1-15(18(23)24-2)13-21(10-4-9-20-11-8-19-14-20)17(22)7-6-16-5-3-12-25-16/h3,5-8,11-12,14-15H,4,9-10,13H2,1-2H3/b7-6+. The number of methoxy groups -OCH3 is 1. The summed E-state index contributed by atoms with van der Waals surface area (Å²) in [6, 6.07) is 3.52. The van der Waals surface area contributed by atoms with Gasteiger partial charge in [0.05, 0.1) is 25.6 Å². The maximum atomic E-state index is 12.5. The van der Waals surface area contributed by atoms with Crippen molar-refractivity contribution in [3.05, 3.63) is 49.0 Å². The molecule has 0 saturated carbocycles. The number of furan rings is 1. The maximum absolute atomic E-state index is 12.5. The van der Waals surface area contributed by atoms with E-state index in [2.05, 4.69) is 4.98 Å². The molecule has 0 aromatic carbocycles. The third-order valence-electron chi connectivity index (χ3n) is 3.75. The van der Waals surface area contributed by atoms with E-state index in [1.807, 2.05) is 10.8 Å². The van der Waals surface area contributed by atoms with Crippen molar-refractivity contribution in [2.75, 3.05) is 20.2 Å². The number of esters is 1. The summed E-state index contributed by atoms with van der Waals surface area (Å²) in [6.07, 6.45) is 10.7. The van der Waals surface area contributed by atoms with E-state index in [1.54, 1.807) is 48.8 Å². The van der Waals surface area contributed by atoms with Gasteiger partial charge in [-0.25, -0.2) is 4.98 Å². The van der Waals surface area contributed by atoms with Crippen LogP contribution in [0.3, 0.4) is 0 Å². The summed E-state index contributed by atoms with van der Waals surface area (Å²) < 4.78 is 11.9. The first-order valence-corrected chi connectivity index (χ1v) is 8.14. The molecule has 7 heteroatoms. The second kappa shape index (κ2) is 9.46. The average Bonchev–Trinajstić information content (AvgIpc) is 3.31. The maximum Gasteiger partial charge on any atom is 0.310 e. The van der Waals surface area contributed by atoms with Gasteiger partial charge in [-0.2, -0.15) is 0 Å². The van der Waals surface area contributed by atoms with Gasteiger partial charge < -0.3 is 18.6 Å². The minimum atomic E-state index is -0.390. The van der Waals surface area contributed by atoms with Crippen molar-refractivity contribution in [1.82, 2.24) is 14.5 Å². The number of aryl methyl sites for hydroxylation is 1. The largest absolute Gasteiger partial charge is 0.469 e. The number of hydrogen-bond acceptors (Lipinski definition) is 5. The number of carbonyl (C=O) groups is 2. The van der Waals surface area contributed by atoms with E-state index in [0.29, 0.717) is 18.8 Å². The van der Waals surface area contributed by atoms with Crippen molar-refractivity contribution in [2.24, 2.45) is 5.92 Å². The number of imidazole rings is 1. The molecule has 2 rings (SSSR count). The van der Waals surface area contributed by atoms with Crippen molar-refractivity contribution in [1.29, 1.82) is 0 Å². The minimum Gasteiger partial charge on any atom is -0.469 e. The second-order valence-corrected chi connectivity index (χ2v) is 5.71. The van der Waals surface area contributed by atoms with Gasteiger partial charge >= 0.3 is 5.97 Å². The first-order chi connectivity index (χ1) is 12.1. The van der Waals surface area contributed by atoms with Crippen LogP contribution in [-0.4, -0.2) is 46.5 Å². The van der Waals surface area contributed by atoms with E-state index in [-0.39, 0.29) is 17.8 Å². The Morgan fingerprint density at radius 1 is 1.48 bits per heavy atom. The molecule has 1 amide bonds. The molecule has 2 aromatic heterocycles. The van der Waals surface area contributed by atoms with Gasteiger partial charge in [-0.1, -0.05) is 6.92 Å². The number of hydrogen-bond donors (Lipinski definition) is 0. The molecule has 0 aliphatic carbocycles. The zero-order valence-electron chi connectivity index (χ0n) is 14.5. The van der Waals surface area contributed by atoms with Crippen molar-refractivity contribution in [2.45, 2.75) is 19.9 Å². The molecule has 1 unspecified atom stereocenters. The molecular weight excluding hydrogens is 322 g/mol. The summed E-state index contributed by atoms with van der Waals surface area (Å²) in [4.78, 5) is 29.8. The van der Waals surface area contributed by atoms with Gasteiger partial charge in [-0.3, -0.25) is 9.59 Å². The molecule has 0 radical (unpaired) electrons. The average molecular weight is 345 g/mol. The number of rotatable bonds is 9. The predicted octanol–water partition coefficient (Wildman–Crippen LogP) is 2.22. The van der Waals surface area contributed by atoms with Gasteiger partial charge in [0.25, 0.3) is 0 Å². The molecule has 0 saturated heterocycles. The lowest BCUT2D eigenvalue weighted by Crippen LogP contribution is -2.37. The third-order valence-corrected chi connectivity index (χ3v) is 3.75. The van der Waals surface area contributed by atoms with E-state index < -0.39 is 0 Å². The summed E-state index contributed by atoms with van der Waals surface area (Å²) in [5.41, 5.74) is 0. The second-order valence-electron chi connectivity index (χ2n) is 5.71. The molecular formula is C18H23N3O4. The lowest BCUT2D eigenvalue weighted by Gasteiger charge is -2.24. The van der Waals surface area contributed by atoms with Gasteiger partial charge in [-0.05, 0) is 24.6 Å². The highest BCUT2D eigenvalue weighted by molar-refractivity contribution is 5.91. The van der Waals surface area contributed by atoms with Gasteiger partial charge in [0, 0.05) is 38.1 Å². The lowest BCUT2D eigenvalue weighted by molar-refractivity contribution is -0.146. The highest BCUT2D eigenvalue weighted by Gasteiger charge is 2.20. The molecule has 0 bridgehead atoms. The Morgan fingerprint density at radius 2 is 2.32 bits per heavy atom. The van der Waals surface area contributed by atoms with Crippen LogP contribution in [0.4, 0.5) is 0 Å². The summed E-state index contributed by atoms with van der Waals surface area (Å²) >= 11 is 0. The van der Waals surface area contributed by atoms with E-state index in [1.165, 1.54) is 13.2 Å². The third kappa shape index (κ3) is 5.95. The van der Waals surface area contributed by atoms with E-state index in [0.717, 1.165) is 13.0 Å². The number of amides is 1. The fraction of sp³-hybridized carbons (Fsp3) is 0.389. The Kier molecular flexibility index (Phi) is 7.00. The Labute approximate surface area is 146 Å². The normalized spacial score (nSPS) is 12.2. The van der Waals surface area contributed by atoms with Crippen LogP contribution in [0.1, 0.15) is 19.1 Å². The summed E-state index contributed by atoms with van der Waals surface area (Å²) in [5.74, 6) is -0.285. The monoisotopic (exact) mass is 345 g/mol. The van der Waals surface area contributed by atoms with E-state index >= 15 is 0 Å². The van der Waals surface area contributed by atoms with Crippen molar-refractivity contribution >= 4 is 18.0 Å². The topological polar surface area (TPSA) is 77.6 Å². The lowest BCUT2D eigenvalue weighted by atomic mass is 10.1. The van der Waals surface area contributed by atoms with Crippen LogP contribution in [0.2, 0.25) is 0 Å². The van der Waals surface area contributed by atoms with Crippen LogP contribution in [0.25, 0.3) is 6.08 Å². The van der Waals surface area contributed by atoms with Crippen LogP contribution < -0.4 is 0 Å². The first-order valence-electron chi connectivity index (χ1n) is 8.14.